The number of nitrogens with one attached hydrogen (secondary N) is 2. The topological polar surface area (TPSA) is 125 Å². The van der Waals surface area contributed by atoms with E-state index in [0.717, 1.165) is 0 Å². The fourth-order valence-electron chi connectivity index (χ4n) is 1.65. The van der Waals surface area contributed by atoms with Crippen LogP contribution in [0, 0.1) is 0 Å². The van der Waals surface area contributed by atoms with Crippen molar-refractivity contribution >= 4 is 17.5 Å². The molecule has 0 fully saturated rings. The third kappa shape index (κ3) is 3.86. The van der Waals surface area contributed by atoms with Gasteiger partial charge in [0.25, 0.3) is 5.91 Å². The van der Waals surface area contributed by atoms with E-state index >= 15 is 0 Å². The van der Waals surface area contributed by atoms with E-state index in [1.54, 1.807) is 6.92 Å². The molecular formula is C13H19N3O4. The molecule has 1 aromatic rings. The van der Waals surface area contributed by atoms with Gasteiger partial charge in [0, 0.05) is 18.3 Å². The van der Waals surface area contributed by atoms with Crippen molar-refractivity contribution in [1.82, 2.24) is 10.6 Å². The predicted octanol–water partition coefficient (Wildman–Crippen LogP) is -0.410. The van der Waals surface area contributed by atoms with E-state index in [1.165, 1.54) is 25.1 Å². The van der Waals surface area contributed by atoms with Crippen LogP contribution in [0.25, 0.3) is 0 Å². The Morgan fingerprint density at radius 1 is 1.40 bits per heavy atom. The van der Waals surface area contributed by atoms with Gasteiger partial charge in [-0.3, -0.25) is 9.59 Å². The molecule has 7 nitrogen and oxygen atoms in total. The van der Waals surface area contributed by atoms with Gasteiger partial charge in [0.15, 0.2) is 0 Å². The molecule has 0 saturated carbocycles. The highest BCUT2D eigenvalue weighted by molar-refractivity contribution is 6.00. The molecule has 7 heteroatoms. The summed E-state index contributed by atoms with van der Waals surface area (Å²) in [7, 11) is 0. The number of amides is 2. The second-order valence-electron chi connectivity index (χ2n) is 4.36. The lowest BCUT2D eigenvalue weighted by Gasteiger charge is -2.20. The lowest BCUT2D eigenvalue weighted by atomic mass is 10.1. The van der Waals surface area contributed by atoms with Gasteiger partial charge in [-0.1, -0.05) is 0 Å². The molecule has 0 spiro atoms. The van der Waals surface area contributed by atoms with Crippen LogP contribution in [0.15, 0.2) is 18.2 Å². The van der Waals surface area contributed by atoms with Crippen LogP contribution in [-0.4, -0.2) is 40.7 Å². The third-order valence-electron chi connectivity index (χ3n) is 2.67. The molecule has 2 atom stereocenters. The molecule has 0 aromatic heterocycles. The van der Waals surface area contributed by atoms with Crippen molar-refractivity contribution in [3.05, 3.63) is 23.8 Å². The van der Waals surface area contributed by atoms with E-state index < -0.39 is 24.0 Å². The summed E-state index contributed by atoms with van der Waals surface area (Å²) in [4.78, 5) is 23.7. The van der Waals surface area contributed by atoms with E-state index in [4.69, 9.17) is 5.73 Å². The summed E-state index contributed by atoms with van der Waals surface area (Å²) in [5, 5.41) is 24.1. The Balaban J connectivity index is 2.88. The lowest BCUT2D eigenvalue weighted by Crippen LogP contribution is -2.52. The van der Waals surface area contributed by atoms with Gasteiger partial charge in [0.1, 0.15) is 11.8 Å². The summed E-state index contributed by atoms with van der Waals surface area (Å²) in [6, 6.07) is 2.94. The number of hydrogen-bond acceptors (Lipinski definition) is 5. The number of anilines is 1. The normalized spacial score (nSPS) is 13.3. The van der Waals surface area contributed by atoms with E-state index in [9.17, 15) is 19.8 Å². The number of carbonyl (C=O) groups excluding carboxylic acids is 2. The van der Waals surface area contributed by atoms with Gasteiger partial charge in [0.2, 0.25) is 5.91 Å². The van der Waals surface area contributed by atoms with Crippen molar-refractivity contribution < 1.29 is 19.8 Å². The molecule has 2 amide bonds. The molecular weight excluding hydrogens is 262 g/mol. The summed E-state index contributed by atoms with van der Waals surface area (Å²) in [6.07, 6.45) is -1.07. The second-order valence-corrected chi connectivity index (χ2v) is 4.36. The number of nitrogens with two attached hydrogens (primary N) is 1. The largest absolute Gasteiger partial charge is 0.507 e. The van der Waals surface area contributed by atoms with E-state index in [0.29, 0.717) is 12.2 Å². The first-order valence-corrected chi connectivity index (χ1v) is 6.22. The van der Waals surface area contributed by atoms with Crippen molar-refractivity contribution in [2.24, 2.45) is 0 Å². The standard InChI is InChI=1S/C13H19N3O4/c1-3-15-13(20)11(7(2)17)16-12(19)9-5-4-8(14)6-10(9)18/h4-7,11,17-18H,3,14H2,1-2H3,(H,15,20)(H,16,19)/t7-,11+/m0/s1. The summed E-state index contributed by atoms with van der Waals surface area (Å²) < 4.78 is 0. The Bertz CT molecular complexity index is 502. The number of nitrogen functional groups attached to an aromatic ring is 1. The molecule has 1 rings (SSSR count). The molecule has 1 aromatic carbocycles. The molecule has 0 unspecified atom stereocenters. The zero-order chi connectivity index (χ0) is 15.3. The molecule has 110 valence electrons. The lowest BCUT2D eigenvalue weighted by molar-refractivity contribution is -0.125. The Hall–Kier alpha value is -2.28. The summed E-state index contributed by atoms with van der Waals surface area (Å²) in [5.41, 5.74) is 5.76. The molecule has 0 aliphatic carbocycles. The summed E-state index contributed by atoms with van der Waals surface area (Å²) in [6.45, 7) is 3.50. The van der Waals surface area contributed by atoms with Crippen LogP contribution < -0.4 is 16.4 Å². The molecule has 0 bridgehead atoms. The Labute approximate surface area is 116 Å². The first-order chi connectivity index (χ1) is 9.36. The van der Waals surface area contributed by atoms with E-state index in [-0.39, 0.29) is 11.3 Å². The molecule has 0 aliphatic heterocycles. The fourth-order valence-corrected chi connectivity index (χ4v) is 1.65. The maximum absolute atomic E-state index is 12.0. The van der Waals surface area contributed by atoms with Crippen LogP contribution in [0.3, 0.4) is 0 Å². The summed E-state index contributed by atoms with van der Waals surface area (Å²) >= 11 is 0. The number of aromatic hydroxyl groups is 1. The van der Waals surface area contributed by atoms with Gasteiger partial charge in [-0.15, -0.1) is 0 Å². The average molecular weight is 281 g/mol. The van der Waals surface area contributed by atoms with Crippen LogP contribution in [0.1, 0.15) is 24.2 Å². The maximum atomic E-state index is 12.0. The van der Waals surface area contributed by atoms with Gasteiger partial charge >= 0.3 is 0 Å². The average Bonchev–Trinajstić information content (AvgIpc) is 2.35. The number of carbonyl (C=O) groups is 2. The number of phenols is 1. The van der Waals surface area contributed by atoms with Crippen molar-refractivity contribution in [3.63, 3.8) is 0 Å². The van der Waals surface area contributed by atoms with Crippen molar-refractivity contribution in [3.8, 4) is 5.75 Å². The van der Waals surface area contributed by atoms with Crippen molar-refractivity contribution in [2.45, 2.75) is 26.0 Å². The number of aliphatic hydroxyl groups excluding tert-OH is 1. The minimum atomic E-state index is -1.10. The van der Waals surface area contributed by atoms with E-state index in [2.05, 4.69) is 10.6 Å². The first kappa shape index (κ1) is 15.8. The molecule has 0 radical (unpaired) electrons. The predicted molar refractivity (Wildman–Crippen MR) is 74.1 cm³/mol. The van der Waals surface area contributed by atoms with Crippen LogP contribution in [0.5, 0.6) is 5.75 Å². The minimum Gasteiger partial charge on any atom is -0.507 e. The molecule has 0 saturated heterocycles. The van der Waals surface area contributed by atoms with Crippen LogP contribution in [-0.2, 0) is 4.79 Å². The number of likely N-dealkylation sites (N-methyl/N-ethyl adjacent to an activating group) is 1. The van der Waals surface area contributed by atoms with Crippen LogP contribution in [0.4, 0.5) is 5.69 Å². The molecule has 6 N–H and O–H groups in total. The minimum absolute atomic E-state index is 0.0193. The molecule has 0 heterocycles. The Kier molecular flexibility index (Phi) is 5.33. The van der Waals surface area contributed by atoms with Gasteiger partial charge in [-0.2, -0.15) is 0 Å². The second kappa shape index (κ2) is 6.76. The number of benzene rings is 1. The van der Waals surface area contributed by atoms with Gasteiger partial charge in [-0.05, 0) is 26.0 Å². The zero-order valence-electron chi connectivity index (χ0n) is 11.4. The highest BCUT2D eigenvalue weighted by atomic mass is 16.3. The Morgan fingerprint density at radius 2 is 2.05 bits per heavy atom. The smallest absolute Gasteiger partial charge is 0.255 e. The fraction of sp³-hybridized carbons (Fsp3) is 0.385. The van der Waals surface area contributed by atoms with Crippen LogP contribution >= 0.6 is 0 Å². The van der Waals surface area contributed by atoms with Gasteiger partial charge in [-0.25, -0.2) is 0 Å². The van der Waals surface area contributed by atoms with E-state index in [1.807, 2.05) is 0 Å². The number of rotatable bonds is 5. The summed E-state index contributed by atoms with van der Waals surface area (Å²) in [5.74, 6) is -1.45. The highest BCUT2D eigenvalue weighted by Crippen LogP contribution is 2.20. The van der Waals surface area contributed by atoms with Gasteiger partial charge < -0.3 is 26.6 Å². The van der Waals surface area contributed by atoms with Crippen molar-refractivity contribution in [2.75, 3.05) is 12.3 Å². The van der Waals surface area contributed by atoms with Gasteiger partial charge in [0.05, 0.1) is 11.7 Å². The monoisotopic (exact) mass is 281 g/mol. The zero-order valence-corrected chi connectivity index (χ0v) is 11.4. The number of aliphatic hydroxyl groups is 1. The highest BCUT2D eigenvalue weighted by Gasteiger charge is 2.26. The SMILES string of the molecule is CCNC(=O)[C@H](NC(=O)c1ccc(N)cc1O)[C@H](C)O. The third-order valence-corrected chi connectivity index (χ3v) is 2.67. The maximum Gasteiger partial charge on any atom is 0.255 e. The number of phenolic OH excluding ortho intramolecular Hbond substituents is 1. The van der Waals surface area contributed by atoms with Crippen molar-refractivity contribution in [1.29, 1.82) is 0 Å². The van der Waals surface area contributed by atoms with Crippen LogP contribution in [0.2, 0.25) is 0 Å². The molecule has 20 heavy (non-hydrogen) atoms. The first-order valence-electron chi connectivity index (χ1n) is 6.22. The Morgan fingerprint density at radius 3 is 2.55 bits per heavy atom. The molecule has 0 aliphatic rings. The quantitative estimate of drug-likeness (QED) is 0.469. The number of hydrogen-bond donors (Lipinski definition) is 5.